The number of amides is 2. The lowest BCUT2D eigenvalue weighted by molar-refractivity contribution is -0.199. The van der Waals surface area contributed by atoms with Gasteiger partial charge in [-0.05, 0) is 104 Å². The average molecular weight is 564 g/mol. The van der Waals surface area contributed by atoms with Crippen LogP contribution in [0.25, 0.3) is 0 Å². The van der Waals surface area contributed by atoms with Crippen molar-refractivity contribution >= 4 is 26.4 Å². The van der Waals surface area contributed by atoms with Crippen molar-refractivity contribution in [3.63, 3.8) is 0 Å². The van der Waals surface area contributed by atoms with Crippen molar-refractivity contribution in [2.75, 3.05) is 13.1 Å². The van der Waals surface area contributed by atoms with Crippen LogP contribution in [-0.2, 0) is 18.8 Å². The first-order chi connectivity index (χ1) is 18.3. The van der Waals surface area contributed by atoms with E-state index in [0.29, 0.717) is 24.3 Å². The molecule has 226 valence electrons. The number of hydrogen-bond acceptors (Lipinski definition) is 8. The highest BCUT2D eigenvalue weighted by Gasteiger charge is 2.69. The van der Waals surface area contributed by atoms with Gasteiger partial charge in [0.15, 0.2) is 0 Å². The van der Waals surface area contributed by atoms with E-state index in [-0.39, 0.29) is 30.9 Å². The zero-order chi connectivity index (χ0) is 29.8. The van der Waals surface area contributed by atoms with Crippen LogP contribution in [0.2, 0.25) is 0 Å². The van der Waals surface area contributed by atoms with Crippen LogP contribution in [0.15, 0.2) is 0 Å². The number of carbonyl (C=O) groups is 2. The standard InChI is InChI=1S/C19H32BNO4.C9H18BNO4/c1-17(2,3)23-16(22)21-9-7-8-15(21)20-24-14-11-12-10-13(18(12,4)5)19(14,6)25-20;1-9(2,3)15-8(12)11-6-4-5-7(11)10(13)14/h12-15H,7-11H2,1-6H3;7,13-14H,4-6H2,1-3H3/t12-,13-,14+,15-,19-;7-/m00/s1. The number of ether oxygens (including phenoxy) is 2. The van der Waals surface area contributed by atoms with Crippen LogP contribution in [0, 0.1) is 17.3 Å². The van der Waals surface area contributed by atoms with Gasteiger partial charge in [-0.25, -0.2) is 9.59 Å². The number of nitrogens with zero attached hydrogens (tertiary/aromatic N) is 2. The van der Waals surface area contributed by atoms with Crippen molar-refractivity contribution in [1.29, 1.82) is 0 Å². The molecule has 0 aromatic rings. The molecule has 6 atom stereocenters. The second-order valence-corrected chi connectivity index (χ2v) is 15.0. The molecule has 6 rings (SSSR count). The molecule has 3 aliphatic heterocycles. The van der Waals surface area contributed by atoms with Gasteiger partial charge >= 0.3 is 26.4 Å². The van der Waals surface area contributed by atoms with Gasteiger partial charge in [0.25, 0.3) is 0 Å². The Bertz CT molecular complexity index is 952. The van der Waals surface area contributed by atoms with E-state index in [1.807, 2.05) is 25.7 Å². The predicted molar refractivity (Wildman–Crippen MR) is 152 cm³/mol. The van der Waals surface area contributed by atoms with E-state index in [0.717, 1.165) is 38.1 Å². The summed E-state index contributed by atoms with van der Waals surface area (Å²) in [5.74, 6) is 0.728. The summed E-state index contributed by atoms with van der Waals surface area (Å²) in [6.45, 7) is 19.3. The molecule has 10 nitrogen and oxygen atoms in total. The van der Waals surface area contributed by atoms with E-state index in [4.69, 9.17) is 28.8 Å². The summed E-state index contributed by atoms with van der Waals surface area (Å²) < 4.78 is 23.7. The van der Waals surface area contributed by atoms with Crippen molar-refractivity contribution in [2.45, 2.75) is 136 Å². The Morgan fingerprint density at radius 3 is 2.00 bits per heavy atom. The largest absolute Gasteiger partial charge is 0.482 e. The van der Waals surface area contributed by atoms with Gasteiger partial charge < -0.3 is 38.6 Å². The molecule has 12 heteroatoms. The first-order valence-corrected chi connectivity index (χ1v) is 15.0. The molecule has 0 aromatic heterocycles. The molecule has 3 aliphatic carbocycles. The van der Waals surface area contributed by atoms with Crippen molar-refractivity contribution in [3.8, 4) is 0 Å². The zero-order valence-corrected chi connectivity index (χ0v) is 25.9. The predicted octanol–water partition coefficient (Wildman–Crippen LogP) is 4.05. The van der Waals surface area contributed by atoms with Crippen LogP contribution < -0.4 is 0 Å². The van der Waals surface area contributed by atoms with Crippen LogP contribution >= 0.6 is 0 Å². The van der Waals surface area contributed by atoms with Crippen molar-refractivity contribution in [3.05, 3.63) is 0 Å². The lowest BCUT2D eigenvalue weighted by Gasteiger charge is -2.64. The fraction of sp³-hybridized carbons (Fsp3) is 0.929. The number of rotatable bonds is 2. The summed E-state index contributed by atoms with van der Waals surface area (Å²) in [7, 11) is -1.81. The molecule has 3 heterocycles. The van der Waals surface area contributed by atoms with Crippen LogP contribution in [0.3, 0.4) is 0 Å². The maximum absolute atomic E-state index is 12.6. The second kappa shape index (κ2) is 11.0. The SMILES string of the molecule is CC(C)(C)OC(=O)N1CCC[C@H]1B(O)O.CC(C)(C)OC(=O)N1CCC[C@H]1B1O[C@@H]2C[C@@H]3C[C@@H](C3(C)C)[C@]2(C)O1. The minimum atomic E-state index is -1.49. The number of carbonyl (C=O) groups excluding carboxylic acids is 2. The zero-order valence-electron chi connectivity index (χ0n) is 25.9. The van der Waals surface area contributed by atoms with Gasteiger partial charge in [0.1, 0.15) is 11.2 Å². The molecule has 0 spiro atoms. The lowest BCUT2D eigenvalue weighted by Crippen LogP contribution is -2.65. The first-order valence-electron chi connectivity index (χ1n) is 15.0. The molecule has 2 amide bonds. The quantitative estimate of drug-likeness (QED) is 0.483. The number of likely N-dealkylation sites (tertiary alicyclic amines) is 2. The molecule has 2 N–H and O–H groups in total. The van der Waals surface area contributed by atoms with E-state index >= 15 is 0 Å². The monoisotopic (exact) mass is 564 g/mol. The van der Waals surface area contributed by atoms with E-state index in [2.05, 4.69) is 20.8 Å². The first kappa shape index (κ1) is 31.4. The van der Waals surface area contributed by atoms with E-state index in [9.17, 15) is 9.59 Å². The highest BCUT2D eigenvalue weighted by molar-refractivity contribution is 6.48. The van der Waals surface area contributed by atoms with Crippen LogP contribution in [-0.4, -0.2) is 94.2 Å². The summed E-state index contributed by atoms with van der Waals surface area (Å²) >= 11 is 0. The minimum absolute atomic E-state index is 0.0300. The summed E-state index contributed by atoms with van der Waals surface area (Å²) in [6.07, 6.45) is 5.06. The Kier molecular flexibility index (Phi) is 8.62. The molecule has 0 aromatic carbocycles. The fourth-order valence-electron chi connectivity index (χ4n) is 7.34. The highest BCUT2D eigenvalue weighted by atomic mass is 16.7. The van der Waals surface area contributed by atoms with Crippen molar-refractivity contribution in [1.82, 2.24) is 9.80 Å². The van der Waals surface area contributed by atoms with E-state index in [1.165, 1.54) is 11.3 Å². The van der Waals surface area contributed by atoms with Gasteiger partial charge in [0.05, 0.1) is 23.6 Å². The van der Waals surface area contributed by atoms with Crippen LogP contribution in [0.1, 0.15) is 101 Å². The van der Waals surface area contributed by atoms with Gasteiger partial charge in [-0.15, -0.1) is 0 Å². The maximum atomic E-state index is 12.6. The van der Waals surface area contributed by atoms with Crippen LogP contribution in [0.4, 0.5) is 9.59 Å². The minimum Gasteiger partial charge on any atom is -0.444 e. The van der Waals surface area contributed by atoms with Crippen LogP contribution in [0.5, 0.6) is 0 Å². The summed E-state index contributed by atoms with van der Waals surface area (Å²) in [6, 6.07) is 0. The Hall–Kier alpha value is -1.49. The van der Waals surface area contributed by atoms with Gasteiger partial charge in [-0.3, -0.25) is 0 Å². The Morgan fingerprint density at radius 2 is 1.45 bits per heavy atom. The normalized spacial score (nSPS) is 34.5. The fourth-order valence-corrected chi connectivity index (χ4v) is 7.34. The number of hydrogen-bond donors (Lipinski definition) is 2. The van der Waals surface area contributed by atoms with E-state index in [1.54, 1.807) is 20.8 Å². The molecule has 0 unspecified atom stereocenters. The Labute approximate surface area is 240 Å². The molecule has 6 aliphatic rings. The lowest BCUT2D eigenvalue weighted by atomic mass is 9.43. The van der Waals surface area contributed by atoms with Gasteiger partial charge in [-0.1, -0.05) is 13.8 Å². The smallest absolute Gasteiger partial charge is 0.444 e. The maximum Gasteiger partial charge on any atom is 0.482 e. The third kappa shape index (κ3) is 6.30. The molecule has 3 saturated carbocycles. The molecule has 6 fully saturated rings. The average Bonchev–Trinajstić information content (AvgIpc) is 3.53. The van der Waals surface area contributed by atoms with Crippen molar-refractivity contribution < 1.29 is 38.4 Å². The molecule has 3 saturated heterocycles. The van der Waals surface area contributed by atoms with Gasteiger partial charge in [0.2, 0.25) is 0 Å². The Morgan fingerprint density at radius 1 is 0.900 bits per heavy atom. The molecular weight excluding hydrogens is 514 g/mol. The van der Waals surface area contributed by atoms with Gasteiger partial charge in [-0.2, -0.15) is 0 Å². The van der Waals surface area contributed by atoms with Gasteiger partial charge in [0, 0.05) is 13.1 Å². The Balaban J connectivity index is 0.000000212. The summed E-state index contributed by atoms with van der Waals surface area (Å²) in [5, 5.41) is 18.2. The molecule has 2 bridgehead atoms. The molecular formula is C28H50B2N2O8. The highest BCUT2D eigenvalue weighted by Crippen LogP contribution is 2.66. The second-order valence-electron chi connectivity index (χ2n) is 15.0. The summed E-state index contributed by atoms with van der Waals surface area (Å²) in [4.78, 5) is 27.5. The third-order valence-corrected chi connectivity index (χ3v) is 9.48. The van der Waals surface area contributed by atoms with E-state index < -0.39 is 30.4 Å². The molecule has 0 radical (unpaired) electrons. The van der Waals surface area contributed by atoms with Crippen molar-refractivity contribution in [2.24, 2.45) is 17.3 Å². The third-order valence-electron chi connectivity index (χ3n) is 9.48. The molecule has 40 heavy (non-hydrogen) atoms. The topological polar surface area (TPSA) is 118 Å². The summed E-state index contributed by atoms with van der Waals surface area (Å²) in [5.41, 5.74) is -0.910.